The Morgan fingerprint density at radius 1 is 0.523 bits per heavy atom. The highest BCUT2D eigenvalue weighted by Gasteiger charge is 2.54. The van der Waals surface area contributed by atoms with E-state index >= 15 is 4.39 Å². The summed E-state index contributed by atoms with van der Waals surface area (Å²) >= 11 is 0. The van der Waals surface area contributed by atoms with Crippen molar-refractivity contribution in [1.29, 1.82) is 0 Å². The molecule has 0 aromatic heterocycles. The number of carbonyl (C=O) groups is 2. The van der Waals surface area contributed by atoms with Gasteiger partial charge in [-0.3, -0.25) is 9.59 Å². The third-order valence-corrected chi connectivity index (χ3v) is 11.2. The maximum atomic E-state index is 17.1. The van der Waals surface area contributed by atoms with E-state index in [1.54, 1.807) is 6.92 Å². The molecule has 2 fully saturated rings. The van der Waals surface area contributed by atoms with Crippen molar-refractivity contribution in [3.63, 3.8) is 0 Å². The van der Waals surface area contributed by atoms with Gasteiger partial charge < -0.3 is 47.9 Å². The SMILES string of the molecule is CNC(=O)CCC(=O)O[C@H]1C(C)OC(O[C@H]2C(F)OC(COCc3ccccc3)[C@H](OCc3ccccc3)[C@@H]2OCc2ccccc2)C(OCc2ccccc2)[C@@H]1OCc1ccccc1. The number of amides is 1. The molecule has 2 heterocycles. The molecule has 0 saturated carbocycles. The molecule has 5 unspecified atom stereocenters. The molecule has 344 valence electrons. The average Bonchev–Trinajstić information content (AvgIpc) is 3.34. The number of esters is 1. The quantitative estimate of drug-likeness (QED) is 0.0684. The van der Waals surface area contributed by atoms with E-state index in [1.165, 1.54) is 7.05 Å². The molecule has 12 nitrogen and oxygen atoms in total. The van der Waals surface area contributed by atoms with E-state index in [9.17, 15) is 9.59 Å². The van der Waals surface area contributed by atoms with Crippen LogP contribution in [-0.4, -0.2) is 87.0 Å². The van der Waals surface area contributed by atoms with Gasteiger partial charge in [0, 0.05) is 13.5 Å². The second-order valence-corrected chi connectivity index (χ2v) is 16.0. The summed E-state index contributed by atoms with van der Waals surface area (Å²) in [6.45, 7) is 2.46. The molecule has 65 heavy (non-hydrogen) atoms. The van der Waals surface area contributed by atoms with E-state index in [4.69, 9.17) is 42.6 Å². The maximum absolute atomic E-state index is 17.1. The second-order valence-electron chi connectivity index (χ2n) is 16.0. The van der Waals surface area contributed by atoms with E-state index in [1.807, 2.05) is 152 Å². The van der Waals surface area contributed by atoms with Crippen molar-refractivity contribution < 1.29 is 56.6 Å². The van der Waals surface area contributed by atoms with E-state index in [2.05, 4.69) is 5.32 Å². The molecule has 10 atom stereocenters. The van der Waals surface area contributed by atoms with Crippen molar-refractivity contribution in [2.24, 2.45) is 0 Å². The van der Waals surface area contributed by atoms with Gasteiger partial charge in [0.2, 0.25) is 12.3 Å². The van der Waals surface area contributed by atoms with Gasteiger partial charge in [-0.15, -0.1) is 0 Å². The molecule has 1 N–H and O–H groups in total. The normalized spacial score (nSPS) is 25.4. The molecule has 0 aliphatic carbocycles. The zero-order valence-corrected chi connectivity index (χ0v) is 36.7. The molecule has 7 rings (SSSR count). The maximum Gasteiger partial charge on any atom is 0.306 e. The Morgan fingerprint density at radius 2 is 0.938 bits per heavy atom. The van der Waals surface area contributed by atoms with Gasteiger partial charge in [-0.1, -0.05) is 152 Å². The molecule has 0 bridgehead atoms. The largest absolute Gasteiger partial charge is 0.457 e. The summed E-state index contributed by atoms with van der Waals surface area (Å²) in [5.41, 5.74) is 4.39. The summed E-state index contributed by atoms with van der Waals surface area (Å²) in [5.74, 6) is -0.929. The predicted octanol–water partition coefficient (Wildman–Crippen LogP) is 7.81. The summed E-state index contributed by atoms with van der Waals surface area (Å²) in [6.07, 6.45) is -11.8. The molecule has 0 spiro atoms. The molecule has 5 aromatic carbocycles. The van der Waals surface area contributed by atoms with Gasteiger partial charge in [0.1, 0.15) is 36.6 Å². The Balaban J connectivity index is 1.21. The van der Waals surface area contributed by atoms with Crippen LogP contribution in [0, 0.1) is 0 Å². The van der Waals surface area contributed by atoms with E-state index in [-0.39, 0.29) is 58.4 Å². The third kappa shape index (κ3) is 14.1. The fraction of sp³-hybridized carbons (Fsp3) is 0.385. The van der Waals surface area contributed by atoms with Gasteiger partial charge >= 0.3 is 5.97 Å². The molecule has 13 heteroatoms. The fourth-order valence-electron chi connectivity index (χ4n) is 7.79. The summed E-state index contributed by atoms with van der Waals surface area (Å²) < 4.78 is 75.5. The number of hydrogen-bond acceptors (Lipinski definition) is 11. The van der Waals surface area contributed by atoms with Crippen molar-refractivity contribution in [1.82, 2.24) is 5.32 Å². The summed E-state index contributed by atoms with van der Waals surface area (Å²) in [4.78, 5) is 25.4. The number of ether oxygens (including phenoxy) is 9. The van der Waals surface area contributed by atoms with Crippen LogP contribution in [0.15, 0.2) is 152 Å². The first-order chi connectivity index (χ1) is 31.8. The van der Waals surface area contributed by atoms with E-state index in [0.29, 0.717) is 0 Å². The minimum absolute atomic E-state index is 0.00513. The first-order valence-corrected chi connectivity index (χ1v) is 22.1. The average molecular weight is 892 g/mol. The van der Waals surface area contributed by atoms with Gasteiger partial charge in [-0.05, 0) is 34.7 Å². The fourth-order valence-corrected chi connectivity index (χ4v) is 7.79. The zero-order chi connectivity index (χ0) is 45.2. The number of halogens is 1. The lowest BCUT2D eigenvalue weighted by atomic mass is 9.96. The lowest BCUT2D eigenvalue weighted by Gasteiger charge is -2.48. The van der Waals surface area contributed by atoms with Crippen LogP contribution < -0.4 is 5.32 Å². The summed E-state index contributed by atoms with van der Waals surface area (Å²) in [5, 5.41) is 2.53. The topological polar surface area (TPSA) is 129 Å². The monoisotopic (exact) mass is 891 g/mol. The molecule has 0 radical (unpaired) electrons. The highest BCUT2D eigenvalue weighted by molar-refractivity contribution is 5.81. The van der Waals surface area contributed by atoms with Gasteiger partial charge in [-0.2, -0.15) is 0 Å². The van der Waals surface area contributed by atoms with Crippen LogP contribution >= 0.6 is 0 Å². The van der Waals surface area contributed by atoms with Crippen LogP contribution in [0.3, 0.4) is 0 Å². The first-order valence-electron chi connectivity index (χ1n) is 22.1. The standard InChI is InChI=1S/C52H58FNO11/c1-36-45(64-44(56)29-28-43(55)54-2)47(59-32-39-22-12-5-13-23-39)50(61-34-41-26-16-7-17-27-41)52(62-36)65-49-48(60-33-40-24-14-6-15-25-40)46(58-31-38-20-10-4-11-21-38)42(63-51(49)53)35-57-30-37-18-8-3-9-19-37/h3-27,36,42,45-52H,28-35H2,1-2H3,(H,54,55)/t36?,42?,45-,46-,47+,48-,49+,50?,51?,52?/m0/s1. The number of benzene rings is 5. The van der Waals surface area contributed by atoms with Crippen LogP contribution in [0.1, 0.15) is 47.6 Å². The third-order valence-electron chi connectivity index (χ3n) is 11.2. The van der Waals surface area contributed by atoms with Crippen LogP contribution in [0.25, 0.3) is 0 Å². The first kappa shape index (κ1) is 47.6. The number of carbonyl (C=O) groups excluding carboxylic acids is 2. The lowest BCUT2D eigenvalue weighted by Crippen LogP contribution is -2.65. The van der Waals surface area contributed by atoms with Crippen LogP contribution in [0.4, 0.5) is 4.39 Å². The van der Waals surface area contributed by atoms with Crippen LogP contribution in [0.2, 0.25) is 0 Å². The summed E-state index contributed by atoms with van der Waals surface area (Å²) in [6, 6.07) is 47.9. The number of hydrogen-bond donors (Lipinski definition) is 1. The molecule has 2 aliphatic rings. The van der Waals surface area contributed by atoms with E-state index < -0.39 is 67.4 Å². The van der Waals surface area contributed by atoms with Crippen LogP contribution in [-0.2, 0) is 85.3 Å². The molecular formula is C52H58FNO11. The molecular weight excluding hydrogens is 834 g/mol. The van der Waals surface area contributed by atoms with Crippen molar-refractivity contribution in [2.75, 3.05) is 13.7 Å². The molecule has 1 amide bonds. The number of alkyl halides is 1. The predicted molar refractivity (Wildman–Crippen MR) is 238 cm³/mol. The smallest absolute Gasteiger partial charge is 0.306 e. The van der Waals surface area contributed by atoms with Crippen LogP contribution in [0.5, 0.6) is 0 Å². The Hall–Kier alpha value is -5.35. The molecule has 5 aromatic rings. The highest BCUT2D eigenvalue weighted by atomic mass is 19.1. The van der Waals surface area contributed by atoms with Crippen molar-refractivity contribution in [3.8, 4) is 0 Å². The second kappa shape index (κ2) is 24.8. The Morgan fingerprint density at radius 3 is 1.40 bits per heavy atom. The Kier molecular flexibility index (Phi) is 18.2. The van der Waals surface area contributed by atoms with Gasteiger partial charge in [0.05, 0.1) is 52.2 Å². The number of rotatable bonds is 22. The van der Waals surface area contributed by atoms with Gasteiger partial charge in [0.15, 0.2) is 12.4 Å². The van der Waals surface area contributed by atoms with Gasteiger partial charge in [-0.25, -0.2) is 4.39 Å². The van der Waals surface area contributed by atoms with Crippen molar-refractivity contribution in [2.45, 2.75) is 114 Å². The number of nitrogens with one attached hydrogen (secondary N) is 1. The molecule has 2 aliphatic heterocycles. The zero-order valence-electron chi connectivity index (χ0n) is 36.7. The minimum Gasteiger partial charge on any atom is -0.457 e. The molecule has 2 saturated heterocycles. The Bertz CT molecular complexity index is 2140. The van der Waals surface area contributed by atoms with Crippen molar-refractivity contribution >= 4 is 11.9 Å². The summed E-state index contributed by atoms with van der Waals surface area (Å²) in [7, 11) is 1.50. The lowest BCUT2D eigenvalue weighted by molar-refractivity contribution is -0.365. The van der Waals surface area contributed by atoms with E-state index in [0.717, 1.165) is 27.8 Å². The Labute approximate surface area is 380 Å². The van der Waals surface area contributed by atoms with Gasteiger partial charge in [0.25, 0.3) is 0 Å². The highest BCUT2D eigenvalue weighted by Crippen LogP contribution is 2.36. The van der Waals surface area contributed by atoms with Crippen molar-refractivity contribution in [3.05, 3.63) is 179 Å². The minimum atomic E-state index is -2.05.